The predicted octanol–water partition coefficient (Wildman–Crippen LogP) is 2.66. The van der Waals surface area contributed by atoms with Crippen LogP contribution in [0, 0.1) is 5.82 Å². The van der Waals surface area contributed by atoms with E-state index in [1.54, 1.807) is 12.1 Å². The zero-order valence-electron chi connectivity index (χ0n) is 12.1. The summed E-state index contributed by atoms with van der Waals surface area (Å²) in [7, 11) is 1.51. The number of benzene rings is 1. The molecule has 0 radical (unpaired) electrons. The van der Waals surface area contributed by atoms with Crippen molar-refractivity contribution in [1.29, 1.82) is 0 Å². The predicted molar refractivity (Wildman–Crippen MR) is 76.3 cm³/mol. The van der Waals surface area contributed by atoms with E-state index in [2.05, 4.69) is 5.10 Å². The van der Waals surface area contributed by atoms with E-state index in [1.807, 2.05) is 24.6 Å². The summed E-state index contributed by atoms with van der Waals surface area (Å²) in [6, 6.07) is 6.14. The Morgan fingerprint density at radius 1 is 1.35 bits per heavy atom. The van der Waals surface area contributed by atoms with Crippen LogP contribution in [0.5, 0.6) is 5.75 Å². The number of rotatable bonds is 5. The number of aromatic nitrogens is 2. The summed E-state index contributed by atoms with van der Waals surface area (Å²) in [4.78, 5) is 0. The molecular weight excluding hydrogens is 257 g/mol. The lowest BCUT2D eigenvalue weighted by Crippen LogP contribution is -2.18. The van der Waals surface area contributed by atoms with Gasteiger partial charge in [0.2, 0.25) is 0 Å². The molecule has 0 spiro atoms. The fourth-order valence-electron chi connectivity index (χ4n) is 2.21. The summed E-state index contributed by atoms with van der Waals surface area (Å²) in [6.07, 6.45) is 0.831. The molecule has 0 aliphatic rings. The lowest BCUT2D eigenvalue weighted by Gasteiger charge is -2.15. The molecule has 1 atom stereocenters. The van der Waals surface area contributed by atoms with Gasteiger partial charge in [0.25, 0.3) is 0 Å². The Morgan fingerprint density at radius 3 is 2.65 bits per heavy atom. The number of nitrogens with zero attached hydrogens (tertiary/aromatic N) is 2. The van der Waals surface area contributed by atoms with Crippen LogP contribution in [0.2, 0.25) is 0 Å². The molecule has 0 aliphatic heterocycles. The SMILES string of the molecule is CCc1cc(C(N)c2ccc(OC)cc2F)n(CC)n1. The van der Waals surface area contributed by atoms with Crippen LogP contribution in [0.4, 0.5) is 4.39 Å². The van der Waals surface area contributed by atoms with Crippen LogP contribution < -0.4 is 10.5 Å². The van der Waals surface area contributed by atoms with Crippen molar-refractivity contribution in [3.05, 3.63) is 47.0 Å². The first kappa shape index (κ1) is 14.5. The molecule has 2 N–H and O–H groups in total. The largest absolute Gasteiger partial charge is 0.497 e. The van der Waals surface area contributed by atoms with E-state index in [0.717, 1.165) is 17.8 Å². The molecule has 1 aromatic carbocycles. The van der Waals surface area contributed by atoms with Gasteiger partial charge in [-0.15, -0.1) is 0 Å². The highest BCUT2D eigenvalue weighted by Crippen LogP contribution is 2.26. The van der Waals surface area contributed by atoms with Crippen LogP contribution in [0.15, 0.2) is 24.3 Å². The number of aryl methyl sites for hydroxylation is 2. The van der Waals surface area contributed by atoms with Crippen LogP contribution >= 0.6 is 0 Å². The highest BCUT2D eigenvalue weighted by molar-refractivity contribution is 5.35. The van der Waals surface area contributed by atoms with E-state index in [-0.39, 0.29) is 5.82 Å². The standard InChI is InChI=1S/C15H20FN3O/c1-4-10-8-14(19(5-2)18-10)15(17)12-7-6-11(20-3)9-13(12)16/h6-9,15H,4-5,17H2,1-3H3. The average Bonchev–Trinajstić information content (AvgIpc) is 2.89. The first-order valence-electron chi connectivity index (χ1n) is 6.76. The molecule has 0 fully saturated rings. The molecule has 0 bridgehead atoms. The second-order valence-corrected chi connectivity index (χ2v) is 4.59. The number of hydrogen-bond acceptors (Lipinski definition) is 3. The first-order valence-corrected chi connectivity index (χ1v) is 6.76. The summed E-state index contributed by atoms with van der Waals surface area (Å²) in [6.45, 7) is 4.74. The Hall–Kier alpha value is -1.88. The van der Waals surface area contributed by atoms with Gasteiger partial charge in [-0.05, 0) is 25.5 Å². The molecule has 0 amide bonds. The van der Waals surface area contributed by atoms with Crippen LogP contribution in [0.3, 0.4) is 0 Å². The Bertz CT molecular complexity index is 595. The minimum Gasteiger partial charge on any atom is -0.497 e. The number of halogens is 1. The van der Waals surface area contributed by atoms with E-state index in [0.29, 0.717) is 17.9 Å². The van der Waals surface area contributed by atoms with Crippen molar-refractivity contribution < 1.29 is 9.13 Å². The molecule has 4 nitrogen and oxygen atoms in total. The Morgan fingerprint density at radius 2 is 2.10 bits per heavy atom. The van der Waals surface area contributed by atoms with Crippen molar-refractivity contribution in [2.45, 2.75) is 32.9 Å². The van der Waals surface area contributed by atoms with Crippen LogP contribution in [-0.2, 0) is 13.0 Å². The summed E-state index contributed by atoms with van der Waals surface area (Å²) in [5.41, 5.74) is 8.45. The Kier molecular flexibility index (Phi) is 4.39. The third kappa shape index (κ3) is 2.67. The normalized spacial score (nSPS) is 12.4. The van der Waals surface area contributed by atoms with Gasteiger partial charge in [-0.3, -0.25) is 4.68 Å². The number of methoxy groups -OCH3 is 1. The van der Waals surface area contributed by atoms with Gasteiger partial charge in [0.05, 0.1) is 24.5 Å². The van der Waals surface area contributed by atoms with E-state index in [1.165, 1.54) is 13.2 Å². The van der Waals surface area contributed by atoms with E-state index in [9.17, 15) is 4.39 Å². The Balaban J connectivity index is 2.40. The van der Waals surface area contributed by atoms with Crippen LogP contribution in [0.25, 0.3) is 0 Å². The van der Waals surface area contributed by atoms with E-state index >= 15 is 0 Å². The average molecular weight is 277 g/mol. The maximum atomic E-state index is 14.1. The van der Waals surface area contributed by atoms with Gasteiger partial charge in [0.1, 0.15) is 11.6 Å². The molecular formula is C15H20FN3O. The number of nitrogens with two attached hydrogens (primary N) is 1. The Labute approximate surface area is 118 Å². The molecule has 5 heteroatoms. The molecule has 2 rings (SSSR count). The summed E-state index contributed by atoms with van der Waals surface area (Å²) < 4.78 is 20.9. The fourth-order valence-corrected chi connectivity index (χ4v) is 2.21. The minimum atomic E-state index is -0.534. The minimum absolute atomic E-state index is 0.362. The smallest absolute Gasteiger partial charge is 0.132 e. The maximum Gasteiger partial charge on any atom is 0.132 e. The van der Waals surface area contributed by atoms with Gasteiger partial charge in [-0.25, -0.2) is 4.39 Å². The zero-order chi connectivity index (χ0) is 14.7. The van der Waals surface area contributed by atoms with Gasteiger partial charge in [0, 0.05) is 18.2 Å². The summed E-state index contributed by atoms with van der Waals surface area (Å²) >= 11 is 0. The number of hydrogen-bond donors (Lipinski definition) is 1. The van der Waals surface area contributed by atoms with Crippen LogP contribution in [0.1, 0.15) is 36.8 Å². The third-order valence-corrected chi connectivity index (χ3v) is 3.38. The van der Waals surface area contributed by atoms with Crippen molar-refractivity contribution in [2.75, 3.05) is 7.11 Å². The fraction of sp³-hybridized carbons (Fsp3) is 0.400. The highest BCUT2D eigenvalue weighted by atomic mass is 19.1. The second kappa shape index (κ2) is 6.05. The lowest BCUT2D eigenvalue weighted by atomic mass is 10.0. The quantitative estimate of drug-likeness (QED) is 0.914. The number of ether oxygens (including phenoxy) is 1. The molecule has 0 saturated carbocycles. The topological polar surface area (TPSA) is 53.1 Å². The molecule has 108 valence electrons. The molecule has 1 heterocycles. The third-order valence-electron chi connectivity index (χ3n) is 3.38. The van der Waals surface area contributed by atoms with Crippen molar-refractivity contribution >= 4 is 0 Å². The van der Waals surface area contributed by atoms with Crippen molar-refractivity contribution in [3.63, 3.8) is 0 Å². The zero-order valence-corrected chi connectivity index (χ0v) is 12.1. The van der Waals surface area contributed by atoms with Crippen molar-refractivity contribution in [3.8, 4) is 5.75 Å². The van der Waals surface area contributed by atoms with Crippen LogP contribution in [-0.4, -0.2) is 16.9 Å². The van der Waals surface area contributed by atoms with Gasteiger partial charge < -0.3 is 10.5 Å². The molecule has 0 saturated heterocycles. The van der Waals surface area contributed by atoms with E-state index in [4.69, 9.17) is 10.5 Å². The molecule has 1 unspecified atom stereocenters. The molecule has 2 aromatic rings. The molecule has 20 heavy (non-hydrogen) atoms. The molecule has 1 aromatic heterocycles. The van der Waals surface area contributed by atoms with Gasteiger partial charge in [-0.1, -0.05) is 13.0 Å². The first-order chi connectivity index (χ1) is 9.60. The summed E-state index contributed by atoms with van der Waals surface area (Å²) in [5.74, 6) is 0.121. The highest BCUT2D eigenvalue weighted by Gasteiger charge is 2.19. The second-order valence-electron chi connectivity index (χ2n) is 4.59. The monoisotopic (exact) mass is 277 g/mol. The van der Waals surface area contributed by atoms with Crippen molar-refractivity contribution in [2.24, 2.45) is 5.73 Å². The van der Waals surface area contributed by atoms with E-state index < -0.39 is 6.04 Å². The van der Waals surface area contributed by atoms with Gasteiger partial charge in [-0.2, -0.15) is 5.10 Å². The van der Waals surface area contributed by atoms with Gasteiger partial charge >= 0.3 is 0 Å². The molecule has 0 aliphatic carbocycles. The van der Waals surface area contributed by atoms with Gasteiger partial charge in [0.15, 0.2) is 0 Å². The lowest BCUT2D eigenvalue weighted by molar-refractivity contribution is 0.410. The summed E-state index contributed by atoms with van der Waals surface area (Å²) in [5, 5.41) is 4.45. The van der Waals surface area contributed by atoms with Crippen molar-refractivity contribution in [1.82, 2.24) is 9.78 Å². The maximum absolute atomic E-state index is 14.1.